The summed E-state index contributed by atoms with van der Waals surface area (Å²) in [4.78, 5) is 0. The molecule has 1 aromatic carbocycles. The monoisotopic (exact) mass is 272 g/mol. The highest BCUT2D eigenvalue weighted by molar-refractivity contribution is 7.92. The average molecular weight is 272 g/mol. The van der Waals surface area contributed by atoms with Gasteiger partial charge in [-0.3, -0.25) is 10.0 Å². The minimum Gasteiger partial charge on any atom is -0.378 e. The lowest BCUT2D eigenvalue weighted by atomic mass is 10.1. The quantitative estimate of drug-likeness (QED) is 0.645. The van der Waals surface area contributed by atoms with E-state index in [0.717, 1.165) is 24.8 Å². The average Bonchev–Trinajstić information content (AvgIpc) is 2.27. The van der Waals surface area contributed by atoms with Gasteiger partial charge in [0.1, 0.15) is 6.23 Å². The van der Waals surface area contributed by atoms with E-state index in [0.29, 0.717) is 12.1 Å². The maximum atomic E-state index is 11.0. The van der Waals surface area contributed by atoms with E-state index in [-0.39, 0.29) is 0 Å². The Morgan fingerprint density at radius 3 is 2.39 bits per heavy atom. The molecule has 0 radical (unpaired) electrons. The van der Waals surface area contributed by atoms with E-state index in [1.807, 2.05) is 6.92 Å². The van der Waals surface area contributed by atoms with Gasteiger partial charge in [0.25, 0.3) is 0 Å². The lowest BCUT2D eigenvalue weighted by molar-refractivity contribution is 0.138. The summed E-state index contributed by atoms with van der Waals surface area (Å²) in [5.41, 5.74) is 1.47. The smallest absolute Gasteiger partial charge is 0.229 e. The predicted molar refractivity (Wildman–Crippen MR) is 72.9 cm³/mol. The highest BCUT2D eigenvalue weighted by Crippen LogP contribution is 2.11. The number of aliphatic hydroxyl groups excluding tert-OH is 1. The van der Waals surface area contributed by atoms with Gasteiger partial charge in [0.2, 0.25) is 10.0 Å². The second kappa shape index (κ2) is 6.72. The summed E-state index contributed by atoms with van der Waals surface area (Å²) < 4.78 is 24.4. The van der Waals surface area contributed by atoms with Gasteiger partial charge in [-0.25, -0.2) is 8.42 Å². The molecule has 1 atom stereocenters. The lowest BCUT2D eigenvalue weighted by Crippen LogP contribution is -2.31. The predicted octanol–water partition coefficient (Wildman–Crippen LogP) is 0.919. The molecule has 0 heterocycles. The van der Waals surface area contributed by atoms with Gasteiger partial charge in [0, 0.05) is 12.1 Å². The van der Waals surface area contributed by atoms with E-state index in [9.17, 15) is 13.5 Å². The molecule has 0 aliphatic heterocycles. The second-order valence-electron chi connectivity index (χ2n) is 4.25. The van der Waals surface area contributed by atoms with Crippen molar-refractivity contribution >= 4 is 15.7 Å². The Morgan fingerprint density at radius 1 is 1.28 bits per heavy atom. The normalized spacial score (nSPS) is 13.3. The van der Waals surface area contributed by atoms with Crippen LogP contribution in [0.15, 0.2) is 24.3 Å². The zero-order chi connectivity index (χ0) is 13.6. The number of aliphatic hydroxyl groups is 1. The molecule has 3 N–H and O–H groups in total. The third kappa shape index (κ3) is 6.00. The Hall–Kier alpha value is -1.11. The van der Waals surface area contributed by atoms with Crippen molar-refractivity contribution in [2.75, 3.05) is 17.5 Å². The van der Waals surface area contributed by atoms with Crippen molar-refractivity contribution in [2.24, 2.45) is 0 Å². The number of sulfonamides is 1. The minimum atomic E-state index is -3.24. The zero-order valence-corrected chi connectivity index (χ0v) is 11.5. The van der Waals surface area contributed by atoms with Crippen LogP contribution in [0.2, 0.25) is 0 Å². The Labute approximate surface area is 108 Å². The molecule has 0 bridgehead atoms. The van der Waals surface area contributed by atoms with Gasteiger partial charge in [-0.15, -0.1) is 0 Å². The van der Waals surface area contributed by atoms with Crippen LogP contribution in [0.1, 0.15) is 18.9 Å². The summed E-state index contributed by atoms with van der Waals surface area (Å²) in [6.07, 6.45) is 2.01. The molecule has 0 fully saturated rings. The number of rotatable bonds is 7. The maximum Gasteiger partial charge on any atom is 0.229 e. The number of benzene rings is 1. The number of hydrogen-bond acceptors (Lipinski definition) is 4. The Balaban J connectivity index is 2.55. The number of anilines is 1. The van der Waals surface area contributed by atoms with Gasteiger partial charge in [-0.1, -0.05) is 19.1 Å². The highest BCUT2D eigenvalue weighted by Gasteiger charge is 2.05. The third-order valence-electron chi connectivity index (χ3n) is 2.32. The van der Waals surface area contributed by atoms with Crippen molar-refractivity contribution in [3.05, 3.63) is 29.8 Å². The van der Waals surface area contributed by atoms with E-state index < -0.39 is 16.3 Å². The molecule has 0 aliphatic rings. The molecular formula is C12H20N2O3S. The summed E-state index contributed by atoms with van der Waals surface area (Å²) in [7, 11) is -3.24. The summed E-state index contributed by atoms with van der Waals surface area (Å²) >= 11 is 0. The summed E-state index contributed by atoms with van der Waals surface area (Å²) in [6.45, 7) is 2.81. The van der Waals surface area contributed by atoms with Crippen LogP contribution >= 0.6 is 0 Å². The van der Waals surface area contributed by atoms with Gasteiger partial charge in [0.05, 0.1) is 6.26 Å². The molecule has 1 unspecified atom stereocenters. The van der Waals surface area contributed by atoms with Crippen LogP contribution in [0.25, 0.3) is 0 Å². The van der Waals surface area contributed by atoms with Crippen LogP contribution < -0.4 is 10.0 Å². The second-order valence-corrected chi connectivity index (χ2v) is 5.99. The van der Waals surface area contributed by atoms with E-state index >= 15 is 0 Å². The molecule has 102 valence electrons. The summed E-state index contributed by atoms with van der Waals surface area (Å²) in [5.74, 6) is 0. The summed E-state index contributed by atoms with van der Waals surface area (Å²) in [5, 5.41) is 12.6. The number of hydrogen-bond donors (Lipinski definition) is 3. The fourth-order valence-corrected chi connectivity index (χ4v) is 2.09. The van der Waals surface area contributed by atoms with E-state index in [4.69, 9.17) is 0 Å². The fourth-order valence-electron chi connectivity index (χ4n) is 1.53. The molecule has 6 heteroatoms. The molecule has 18 heavy (non-hydrogen) atoms. The lowest BCUT2D eigenvalue weighted by Gasteiger charge is -2.12. The van der Waals surface area contributed by atoms with Crippen molar-refractivity contribution in [1.82, 2.24) is 5.32 Å². The largest absolute Gasteiger partial charge is 0.378 e. The van der Waals surface area contributed by atoms with Crippen LogP contribution in [-0.2, 0) is 16.4 Å². The Bertz CT molecular complexity index is 457. The van der Waals surface area contributed by atoms with Crippen LogP contribution in [0.4, 0.5) is 5.69 Å². The van der Waals surface area contributed by atoms with E-state index in [2.05, 4.69) is 10.0 Å². The zero-order valence-electron chi connectivity index (χ0n) is 10.7. The molecule has 5 nitrogen and oxygen atoms in total. The first-order valence-electron chi connectivity index (χ1n) is 5.89. The van der Waals surface area contributed by atoms with E-state index in [1.165, 1.54) is 0 Å². The molecule has 1 aromatic rings. The first-order valence-corrected chi connectivity index (χ1v) is 7.78. The van der Waals surface area contributed by atoms with Crippen LogP contribution in [0, 0.1) is 0 Å². The van der Waals surface area contributed by atoms with Gasteiger partial charge in [-0.05, 0) is 30.7 Å². The molecule has 0 spiro atoms. The molecule has 1 rings (SSSR count). The standard InChI is InChI=1S/C12H20N2O3S/c1-3-8-13-12(15)9-10-4-6-11(7-5-10)14-18(2,16)17/h4-7,12-15H,3,8-9H2,1-2H3. The van der Waals surface area contributed by atoms with Crippen molar-refractivity contribution in [1.29, 1.82) is 0 Å². The van der Waals surface area contributed by atoms with Gasteiger partial charge >= 0.3 is 0 Å². The topological polar surface area (TPSA) is 78.4 Å². The van der Waals surface area contributed by atoms with Crippen molar-refractivity contribution in [3.63, 3.8) is 0 Å². The molecule has 0 aromatic heterocycles. The third-order valence-corrected chi connectivity index (χ3v) is 2.92. The highest BCUT2D eigenvalue weighted by atomic mass is 32.2. The van der Waals surface area contributed by atoms with Gasteiger partial charge in [0.15, 0.2) is 0 Å². The first kappa shape index (κ1) is 14.9. The van der Waals surface area contributed by atoms with Crippen LogP contribution in [0.3, 0.4) is 0 Å². The van der Waals surface area contributed by atoms with E-state index in [1.54, 1.807) is 24.3 Å². The Kier molecular flexibility index (Phi) is 5.58. The van der Waals surface area contributed by atoms with Crippen LogP contribution in [-0.4, -0.2) is 32.6 Å². The van der Waals surface area contributed by atoms with Crippen molar-refractivity contribution in [2.45, 2.75) is 26.0 Å². The van der Waals surface area contributed by atoms with Crippen molar-refractivity contribution in [3.8, 4) is 0 Å². The number of nitrogens with one attached hydrogen (secondary N) is 2. The molecule has 0 amide bonds. The first-order chi connectivity index (χ1) is 8.40. The Morgan fingerprint density at radius 2 is 1.89 bits per heavy atom. The molecule has 0 saturated carbocycles. The minimum absolute atomic E-state index is 0.499. The van der Waals surface area contributed by atoms with Crippen molar-refractivity contribution < 1.29 is 13.5 Å². The maximum absolute atomic E-state index is 11.0. The van der Waals surface area contributed by atoms with Gasteiger partial charge in [-0.2, -0.15) is 0 Å². The van der Waals surface area contributed by atoms with Gasteiger partial charge < -0.3 is 5.11 Å². The molecule has 0 saturated heterocycles. The SMILES string of the molecule is CCCNC(O)Cc1ccc(NS(C)(=O)=O)cc1. The molecular weight excluding hydrogens is 252 g/mol. The molecule has 0 aliphatic carbocycles. The summed E-state index contributed by atoms with van der Waals surface area (Å²) in [6, 6.07) is 6.96. The van der Waals surface area contributed by atoms with Crippen LogP contribution in [0.5, 0.6) is 0 Å². The fraction of sp³-hybridized carbons (Fsp3) is 0.500.